The highest BCUT2D eigenvalue weighted by atomic mass is 35.5. The minimum absolute atomic E-state index is 0.0818. The average molecular weight is 440 g/mol. The Kier molecular flexibility index (Phi) is 5.61. The molecule has 2 N–H and O–H groups in total. The molecule has 2 heterocycles. The molecule has 0 bridgehead atoms. The van der Waals surface area contributed by atoms with Crippen molar-refractivity contribution in [1.82, 2.24) is 19.7 Å². The fourth-order valence-corrected chi connectivity index (χ4v) is 3.78. The Hall–Kier alpha value is -3.10. The van der Waals surface area contributed by atoms with Gasteiger partial charge in [-0.05, 0) is 43.2 Å². The molecule has 4 rings (SSSR count). The number of anilines is 1. The molecule has 9 heteroatoms. The number of para-hydroxylation sites is 1. The van der Waals surface area contributed by atoms with Crippen molar-refractivity contribution in [2.45, 2.75) is 19.0 Å². The summed E-state index contributed by atoms with van der Waals surface area (Å²) in [6.07, 6.45) is 1.50. The number of amides is 1. The molecule has 7 nitrogen and oxygen atoms in total. The van der Waals surface area contributed by atoms with Gasteiger partial charge in [0.25, 0.3) is 5.56 Å². The summed E-state index contributed by atoms with van der Waals surface area (Å²) in [7, 11) is 0. The number of carbonyl (C=O) groups is 1. The Balaban J connectivity index is 1.55. The zero-order chi connectivity index (χ0) is 21.3. The van der Waals surface area contributed by atoms with Crippen molar-refractivity contribution in [2.75, 3.05) is 11.1 Å². The fourth-order valence-electron chi connectivity index (χ4n) is 2.95. The van der Waals surface area contributed by atoms with Gasteiger partial charge in [0.2, 0.25) is 5.91 Å². The van der Waals surface area contributed by atoms with E-state index in [0.717, 1.165) is 28.6 Å². The summed E-state index contributed by atoms with van der Waals surface area (Å²) in [5.41, 5.74) is 3.55. The molecule has 152 valence electrons. The van der Waals surface area contributed by atoms with E-state index in [1.54, 1.807) is 16.8 Å². The highest BCUT2D eigenvalue weighted by Crippen LogP contribution is 2.22. The van der Waals surface area contributed by atoms with Gasteiger partial charge in [-0.15, -0.1) is 0 Å². The van der Waals surface area contributed by atoms with Crippen LogP contribution in [0.2, 0.25) is 5.02 Å². The molecule has 2 aromatic heterocycles. The monoisotopic (exact) mass is 439 g/mol. The number of H-pyrrole nitrogens is 1. The van der Waals surface area contributed by atoms with Gasteiger partial charge in [0.15, 0.2) is 10.8 Å². The van der Waals surface area contributed by atoms with Crippen LogP contribution in [0.25, 0.3) is 16.7 Å². The number of thioether (sulfide) groups is 1. The van der Waals surface area contributed by atoms with Gasteiger partial charge in [-0.1, -0.05) is 47.6 Å². The van der Waals surface area contributed by atoms with Crippen molar-refractivity contribution < 1.29 is 4.79 Å². The third-order valence-electron chi connectivity index (χ3n) is 4.56. The molecule has 0 spiro atoms. The van der Waals surface area contributed by atoms with Crippen LogP contribution in [0.15, 0.2) is 58.6 Å². The number of hydrogen-bond acceptors (Lipinski definition) is 5. The molecular formula is C21H18ClN5O2S. The van der Waals surface area contributed by atoms with Crippen LogP contribution >= 0.6 is 23.4 Å². The van der Waals surface area contributed by atoms with Crippen LogP contribution < -0.4 is 10.9 Å². The number of carbonyl (C=O) groups excluding carboxylic acids is 1. The summed E-state index contributed by atoms with van der Waals surface area (Å²) < 4.78 is 1.64. The third kappa shape index (κ3) is 4.10. The molecule has 0 atom stereocenters. The summed E-state index contributed by atoms with van der Waals surface area (Å²) in [6, 6.07) is 13.0. The van der Waals surface area contributed by atoms with Gasteiger partial charge in [-0.2, -0.15) is 5.10 Å². The van der Waals surface area contributed by atoms with Crippen molar-refractivity contribution >= 4 is 46.0 Å². The molecule has 1 amide bonds. The second kappa shape index (κ2) is 8.33. The normalized spacial score (nSPS) is 11.0. The molecule has 0 radical (unpaired) electrons. The molecule has 4 aromatic rings. The van der Waals surface area contributed by atoms with Crippen molar-refractivity contribution in [3.05, 3.63) is 75.2 Å². The maximum Gasteiger partial charge on any atom is 0.262 e. The van der Waals surface area contributed by atoms with E-state index in [0.29, 0.717) is 26.9 Å². The topological polar surface area (TPSA) is 92.7 Å². The van der Waals surface area contributed by atoms with Gasteiger partial charge in [0.05, 0.1) is 17.6 Å². The van der Waals surface area contributed by atoms with E-state index in [1.807, 2.05) is 44.2 Å². The van der Waals surface area contributed by atoms with Crippen LogP contribution in [-0.2, 0) is 4.79 Å². The number of nitrogens with one attached hydrogen (secondary N) is 2. The number of aromatic nitrogens is 4. The number of rotatable bonds is 5. The van der Waals surface area contributed by atoms with Gasteiger partial charge in [-0.25, -0.2) is 9.67 Å². The first-order valence-corrected chi connectivity index (χ1v) is 10.5. The van der Waals surface area contributed by atoms with E-state index >= 15 is 0 Å². The second-order valence-corrected chi connectivity index (χ2v) is 8.12. The Morgan fingerprint density at radius 1 is 1.20 bits per heavy atom. The van der Waals surface area contributed by atoms with Crippen molar-refractivity contribution in [3.8, 4) is 5.69 Å². The zero-order valence-corrected chi connectivity index (χ0v) is 17.8. The summed E-state index contributed by atoms with van der Waals surface area (Å²) in [5, 5.41) is 8.44. The number of aromatic amines is 1. The molecule has 0 aliphatic rings. The summed E-state index contributed by atoms with van der Waals surface area (Å²) in [5.74, 6) is -0.145. The van der Waals surface area contributed by atoms with Crippen LogP contribution in [0.3, 0.4) is 0 Å². The lowest BCUT2D eigenvalue weighted by Gasteiger charge is -2.08. The number of hydrogen-bond donors (Lipinski definition) is 2. The SMILES string of the molecule is Cc1ccc(NC(=O)CSc2nc3c(cnn3-c3ccccc3C)c(=O)[nH]2)cc1Cl. The molecule has 0 saturated heterocycles. The molecular weight excluding hydrogens is 422 g/mol. The molecule has 0 aliphatic heterocycles. The predicted molar refractivity (Wildman–Crippen MR) is 120 cm³/mol. The van der Waals surface area contributed by atoms with E-state index in [2.05, 4.69) is 20.4 Å². The largest absolute Gasteiger partial charge is 0.325 e. The van der Waals surface area contributed by atoms with Crippen molar-refractivity contribution in [3.63, 3.8) is 0 Å². The Labute approximate surface area is 181 Å². The minimum Gasteiger partial charge on any atom is -0.325 e. The molecule has 0 saturated carbocycles. The lowest BCUT2D eigenvalue weighted by molar-refractivity contribution is -0.113. The summed E-state index contributed by atoms with van der Waals surface area (Å²) in [6.45, 7) is 3.86. The Morgan fingerprint density at radius 2 is 2.00 bits per heavy atom. The van der Waals surface area contributed by atoms with Crippen LogP contribution in [0.5, 0.6) is 0 Å². The lowest BCUT2D eigenvalue weighted by atomic mass is 10.2. The maximum absolute atomic E-state index is 12.5. The number of nitrogens with zero attached hydrogens (tertiary/aromatic N) is 3. The molecule has 0 aliphatic carbocycles. The van der Waals surface area contributed by atoms with Crippen LogP contribution in [0.1, 0.15) is 11.1 Å². The van der Waals surface area contributed by atoms with Crippen LogP contribution in [0.4, 0.5) is 5.69 Å². The van der Waals surface area contributed by atoms with Crippen molar-refractivity contribution in [1.29, 1.82) is 0 Å². The zero-order valence-electron chi connectivity index (χ0n) is 16.3. The summed E-state index contributed by atoms with van der Waals surface area (Å²) >= 11 is 7.24. The number of aryl methyl sites for hydroxylation is 2. The van der Waals surface area contributed by atoms with Gasteiger partial charge in [-0.3, -0.25) is 9.59 Å². The van der Waals surface area contributed by atoms with Gasteiger partial charge < -0.3 is 10.3 Å². The third-order valence-corrected chi connectivity index (χ3v) is 5.84. The molecule has 0 unspecified atom stereocenters. The number of fused-ring (bicyclic) bond motifs is 1. The second-order valence-electron chi connectivity index (χ2n) is 6.75. The van der Waals surface area contributed by atoms with Crippen LogP contribution in [0, 0.1) is 13.8 Å². The molecule has 2 aromatic carbocycles. The molecule has 0 fully saturated rings. The van der Waals surface area contributed by atoms with E-state index in [4.69, 9.17) is 11.6 Å². The average Bonchev–Trinajstić information content (AvgIpc) is 3.14. The maximum atomic E-state index is 12.5. The van der Waals surface area contributed by atoms with Crippen LogP contribution in [-0.4, -0.2) is 31.4 Å². The smallest absolute Gasteiger partial charge is 0.262 e. The lowest BCUT2D eigenvalue weighted by Crippen LogP contribution is -2.15. The number of benzene rings is 2. The Bertz CT molecular complexity index is 1310. The Morgan fingerprint density at radius 3 is 2.77 bits per heavy atom. The van der Waals surface area contributed by atoms with E-state index in [-0.39, 0.29) is 17.2 Å². The van der Waals surface area contributed by atoms with E-state index < -0.39 is 0 Å². The van der Waals surface area contributed by atoms with Gasteiger partial charge in [0.1, 0.15) is 5.39 Å². The quantitative estimate of drug-likeness (QED) is 0.360. The molecule has 30 heavy (non-hydrogen) atoms. The predicted octanol–water partition coefficient (Wildman–Crippen LogP) is 4.11. The standard InChI is InChI=1S/C21H18ClN5O2S/c1-12-7-8-14(9-16(12)22)24-18(28)11-30-21-25-19-15(20(29)26-21)10-23-27(19)17-6-4-3-5-13(17)2/h3-10H,11H2,1-2H3,(H,24,28)(H,25,26,29). The first kappa shape index (κ1) is 20.2. The van der Waals surface area contributed by atoms with E-state index in [1.165, 1.54) is 6.20 Å². The van der Waals surface area contributed by atoms with Gasteiger partial charge >= 0.3 is 0 Å². The van der Waals surface area contributed by atoms with E-state index in [9.17, 15) is 9.59 Å². The van der Waals surface area contributed by atoms with Crippen molar-refractivity contribution in [2.24, 2.45) is 0 Å². The van der Waals surface area contributed by atoms with Gasteiger partial charge in [0, 0.05) is 10.7 Å². The fraction of sp³-hybridized carbons (Fsp3) is 0.143. The summed E-state index contributed by atoms with van der Waals surface area (Å²) in [4.78, 5) is 32.0. The highest BCUT2D eigenvalue weighted by molar-refractivity contribution is 7.99. The minimum atomic E-state index is -0.298. The first-order chi connectivity index (χ1) is 14.4. The highest BCUT2D eigenvalue weighted by Gasteiger charge is 2.14. The number of halogens is 1. The first-order valence-electron chi connectivity index (χ1n) is 9.15.